The van der Waals surface area contributed by atoms with Gasteiger partial charge in [0.05, 0.1) is 34.6 Å². The highest BCUT2D eigenvalue weighted by molar-refractivity contribution is 7.94. The number of benzene rings is 2. The summed E-state index contributed by atoms with van der Waals surface area (Å²) in [6.45, 7) is 0. The minimum absolute atomic E-state index is 0.117. The highest BCUT2D eigenvalue weighted by Gasteiger charge is 2.34. The number of hydrogen-bond donors (Lipinski definition) is 4. The Kier molecular flexibility index (Phi) is 3.69. The number of aromatic amines is 1. The van der Waals surface area contributed by atoms with Crippen LogP contribution < -0.4 is 0 Å². The molecular weight excluding hydrogens is 340 g/mol. The van der Waals surface area contributed by atoms with Crippen LogP contribution in [-0.4, -0.2) is 26.8 Å². The summed E-state index contributed by atoms with van der Waals surface area (Å²) in [5.74, 6) is -0.430. The number of carbonyl (C=O) groups excluding carboxylic acids is 1. The van der Waals surface area contributed by atoms with Crippen molar-refractivity contribution in [2.45, 2.75) is 4.90 Å². The first kappa shape index (κ1) is 15.6. The zero-order valence-electron chi connectivity index (χ0n) is 12.7. The molecule has 0 bridgehead atoms. The second kappa shape index (κ2) is 5.89. The maximum atomic E-state index is 12.9. The van der Waals surface area contributed by atoms with Crippen molar-refractivity contribution < 1.29 is 19.5 Å². The van der Waals surface area contributed by atoms with Crippen molar-refractivity contribution >= 4 is 23.5 Å². The van der Waals surface area contributed by atoms with Crippen LogP contribution >= 0.6 is 12.0 Å². The molecule has 1 aliphatic carbocycles. The van der Waals surface area contributed by atoms with E-state index < -0.39 is 0 Å². The molecule has 0 unspecified atom stereocenters. The number of ketones is 1. The Morgan fingerprint density at radius 1 is 1.00 bits per heavy atom. The molecule has 7 heteroatoms. The number of hydrogen-bond acceptors (Lipinski definition) is 6. The first-order chi connectivity index (χ1) is 12.1. The normalized spacial score (nSPS) is 12.8. The van der Waals surface area contributed by atoms with Gasteiger partial charge in [-0.25, -0.2) is 5.26 Å². The van der Waals surface area contributed by atoms with E-state index >= 15 is 0 Å². The molecule has 124 valence electrons. The first-order valence-electron chi connectivity index (χ1n) is 7.38. The maximum absolute atomic E-state index is 12.9. The fourth-order valence-corrected chi connectivity index (χ4v) is 3.40. The smallest absolute Gasteiger partial charge is 0.199 e. The monoisotopic (exact) mass is 352 g/mol. The molecule has 0 saturated carbocycles. The largest absolute Gasteiger partial charge is 0.494 e. The third kappa shape index (κ3) is 2.37. The van der Waals surface area contributed by atoms with Crippen LogP contribution in [0.2, 0.25) is 0 Å². The van der Waals surface area contributed by atoms with Gasteiger partial charge in [0.2, 0.25) is 0 Å². The number of rotatable bonds is 3. The summed E-state index contributed by atoms with van der Waals surface area (Å²) in [5.41, 5.74) is 2.72. The fraction of sp³-hybridized carbons (Fsp3) is 0. The topological polar surface area (TPSA) is 106 Å². The van der Waals surface area contributed by atoms with Gasteiger partial charge in [0.15, 0.2) is 11.7 Å². The van der Waals surface area contributed by atoms with Crippen molar-refractivity contribution in [3.8, 4) is 17.1 Å². The van der Waals surface area contributed by atoms with Crippen LogP contribution in [-0.2, 0) is 4.33 Å². The van der Waals surface area contributed by atoms with Crippen molar-refractivity contribution in [3.63, 3.8) is 0 Å². The summed E-state index contributed by atoms with van der Waals surface area (Å²) < 4.78 is 4.02. The van der Waals surface area contributed by atoms with Crippen LogP contribution in [0.1, 0.15) is 27.0 Å². The highest BCUT2D eigenvalue weighted by atomic mass is 32.2. The van der Waals surface area contributed by atoms with Crippen molar-refractivity contribution in [1.82, 2.24) is 4.98 Å². The SMILES string of the molecule is N=C1c2ccccc2C(=O)c2c(-c3ccc(SOO)cc3)[nH]c(O)c21. The third-order valence-electron chi connectivity index (χ3n) is 4.17. The van der Waals surface area contributed by atoms with Crippen LogP contribution in [0.3, 0.4) is 0 Å². The second-order valence-corrected chi connectivity index (χ2v) is 6.32. The Morgan fingerprint density at radius 3 is 2.36 bits per heavy atom. The van der Waals surface area contributed by atoms with E-state index in [1.807, 2.05) is 0 Å². The lowest BCUT2D eigenvalue weighted by atomic mass is 9.84. The van der Waals surface area contributed by atoms with E-state index in [2.05, 4.69) is 9.32 Å². The van der Waals surface area contributed by atoms with E-state index in [0.29, 0.717) is 32.8 Å². The summed E-state index contributed by atoms with van der Waals surface area (Å²) in [6, 6.07) is 13.8. The zero-order valence-corrected chi connectivity index (χ0v) is 13.6. The lowest BCUT2D eigenvalue weighted by Crippen LogP contribution is -2.19. The average molecular weight is 352 g/mol. The van der Waals surface area contributed by atoms with Crippen molar-refractivity contribution in [1.29, 1.82) is 5.41 Å². The van der Waals surface area contributed by atoms with Gasteiger partial charge in [-0.2, -0.15) is 4.33 Å². The van der Waals surface area contributed by atoms with Gasteiger partial charge in [0.25, 0.3) is 0 Å². The average Bonchev–Trinajstić information content (AvgIpc) is 2.98. The highest BCUT2D eigenvalue weighted by Crippen LogP contribution is 2.39. The number of carbonyl (C=O) groups is 1. The third-order valence-corrected chi connectivity index (χ3v) is 4.71. The van der Waals surface area contributed by atoms with Gasteiger partial charge in [-0.05, 0) is 17.7 Å². The number of nitrogens with one attached hydrogen (secondary N) is 2. The Hall–Kier alpha value is -2.87. The van der Waals surface area contributed by atoms with E-state index in [0.717, 1.165) is 12.0 Å². The molecule has 0 saturated heterocycles. The van der Waals surface area contributed by atoms with Gasteiger partial charge in [-0.3, -0.25) is 10.2 Å². The standard InChI is InChI=1S/C18H12N2O4S/c19-15-11-3-1-2-4-12(11)17(21)14-13(15)18(22)20-16(14)9-5-7-10(8-6-9)25-24-23/h1-8,19-20,22-23H. The molecule has 0 radical (unpaired) electrons. The summed E-state index contributed by atoms with van der Waals surface area (Å²) in [6.07, 6.45) is 0. The molecule has 4 N–H and O–H groups in total. The van der Waals surface area contributed by atoms with Crippen LogP contribution in [0.15, 0.2) is 53.4 Å². The Balaban J connectivity index is 1.88. The first-order valence-corrected chi connectivity index (χ1v) is 8.12. The zero-order chi connectivity index (χ0) is 17.6. The Labute approximate surface area is 146 Å². The van der Waals surface area contributed by atoms with Crippen molar-refractivity contribution in [2.75, 3.05) is 0 Å². The molecule has 1 heterocycles. The van der Waals surface area contributed by atoms with Gasteiger partial charge in [-0.1, -0.05) is 36.4 Å². The molecule has 1 aromatic heterocycles. The van der Waals surface area contributed by atoms with E-state index in [1.54, 1.807) is 48.5 Å². The predicted molar refractivity (Wildman–Crippen MR) is 93.3 cm³/mol. The van der Waals surface area contributed by atoms with Crippen LogP contribution in [0.4, 0.5) is 0 Å². The Morgan fingerprint density at radius 2 is 1.68 bits per heavy atom. The van der Waals surface area contributed by atoms with Crippen LogP contribution in [0.5, 0.6) is 5.88 Å². The molecule has 0 amide bonds. The van der Waals surface area contributed by atoms with Gasteiger partial charge in [0, 0.05) is 16.0 Å². The van der Waals surface area contributed by atoms with Gasteiger partial charge in [-0.15, -0.1) is 0 Å². The molecule has 0 aliphatic heterocycles. The lowest BCUT2D eigenvalue weighted by molar-refractivity contribution is -0.116. The molecule has 25 heavy (non-hydrogen) atoms. The van der Waals surface area contributed by atoms with Crippen molar-refractivity contribution in [3.05, 3.63) is 70.8 Å². The maximum Gasteiger partial charge on any atom is 0.199 e. The van der Waals surface area contributed by atoms with E-state index in [9.17, 15) is 9.90 Å². The Bertz CT molecular complexity index is 1010. The van der Waals surface area contributed by atoms with Crippen molar-refractivity contribution in [2.24, 2.45) is 0 Å². The van der Waals surface area contributed by atoms with Crippen LogP contribution in [0.25, 0.3) is 11.3 Å². The van der Waals surface area contributed by atoms with Gasteiger partial charge < -0.3 is 10.1 Å². The molecule has 0 spiro atoms. The van der Waals surface area contributed by atoms with Gasteiger partial charge in [0.1, 0.15) is 0 Å². The summed E-state index contributed by atoms with van der Waals surface area (Å²) >= 11 is 0.800. The number of aromatic nitrogens is 1. The summed E-state index contributed by atoms with van der Waals surface area (Å²) in [7, 11) is 0. The number of aromatic hydroxyl groups is 1. The lowest BCUT2D eigenvalue weighted by Gasteiger charge is -2.17. The van der Waals surface area contributed by atoms with E-state index in [4.69, 9.17) is 10.7 Å². The molecular formula is C18H12N2O4S. The minimum atomic E-state index is -0.231. The number of fused-ring (bicyclic) bond motifs is 2. The molecule has 4 rings (SSSR count). The number of H-pyrrole nitrogens is 1. The van der Waals surface area contributed by atoms with E-state index in [-0.39, 0.29) is 22.9 Å². The second-order valence-electron chi connectivity index (χ2n) is 5.53. The summed E-state index contributed by atoms with van der Waals surface area (Å²) in [4.78, 5) is 16.5. The minimum Gasteiger partial charge on any atom is -0.494 e. The fourth-order valence-electron chi connectivity index (χ4n) is 3.06. The van der Waals surface area contributed by atoms with Gasteiger partial charge >= 0.3 is 0 Å². The molecule has 2 aromatic carbocycles. The predicted octanol–water partition coefficient (Wildman–Crippen LogP) is 3.84. The quantitative estimate of drug-likeness (QED) is 0.255. The molecule has 0 fully saturated rings. The van der Waals surface area contributed by atoms with E-state index in [1.165, 1.54) is 0 Å². The summed E-state index contributed by atoms with van der Waals surface area (Å²) in [5, 5.41) is 27.1. The molecule has 1 aliphatic rings. The molecule has 0 atom stereocenters. The van der Waals surface area contributed by atoms with Crippen LogP contribution in [0, 0.1) is 5.41 Å². The molecule has 3 aromatic rings. The molecule has 6 nitrogen and oxygen atoms in total.